The molecule has 3 aromatic rings. The highest BCUT2D eigenvalue weighted by Gasteiger charge is 2.27. The number of carbonyl (C=O) groups is 1. The van der Waals surface area contributed by atoms with Gasteiger partial charge in [-0.15, -0.1) is 0 Å². The van der Waals surface area contributed by atoms with Crippen molar-refractivity contribution in [1.29, 1.82) is 0 Å². The molecule has 1 N–H and O–H groups in total. The predicted molar refractivity (Wildman–Crippen MR) is 129 cm³/mol. The fraction of sp³-hybridized carbons (Fsp3) is 0.296. The summed E-state index contributed by atoms with van der Waals surface area (Å²) < 4.78 is 0. The molecule has 0 aliphatic carbocycles. The Labute approximate surface area is 185 Å². The van der Waals surface area contributed by atoms with Gasteiger partial charge in [0.25, 0.3) is 5.91 Å². The number of para-hydroxylation sites is 1. The number of nitrogens with zero attached hydrogens (tertiary/aromatic N) is 2. The number of benzene rings is 3. The molecule has 0 saturated heterocycles. The largest absolute Gasteiger partial charge is 0.378 e. The Balaban J connectivity index is 1.60. The number of carbonyl (C=O) groups excluding carboxylic acids is 1. The number of rotatable bonds is 6. The first-order valence-electron chi connectivity index (χ1n) is 10.9. The zero-order valence-corrected chi connectivity index (χ0v) is 18.9. The van der Waals surface area contributed by atoms with Crippen LogP contribution in [0.2, 0.25) is 0 Å². The molecule has 1 atom stereocenters. The number of anilines is 2. The van der Waals surface area contributed by atoms with Crippen LogP contribution in [-0.2, 0) is 6.42 Å². The highest BCUT2D eigenvalue weighted by atomic mass is 16.1. The van der Waals surface area contributed by atoms with Crippen molar-refractivity contribution < 1.29 is 4.79 Å². The van der Waals surface area contributed by atoms with Gasteiger partial charge < -0.3 is 15.1 Å². The van der Waals surface area contributed by atoms with Crippen LogP contribution in [0.3, 0.4) is 0 Å². The standard InChI is InChI=1S/C27H31N3O/c1-19-15-20(2)17-23(16-19)27(31)28-18-26(22-9-11-24(12-10-22)29(3)4)30-14-13-21-7-5-6-8-25(21)30/h5-12,15-17,26H,13-14,18H2,1-4H3,(H,28,31)/t26-/m0/s1. The Morgan fingerprint density at radius 3 is 2.35 bits per heavy atom. The van der Waals surface area contributed by atoms with Crippen molar-refractivity contribution in [1.82, 2.24) is 5.32 Å². The van der Waals surface area contributed by atoms with E-state index in [1.54, 1.807) is 0 Å². The monoisotopic (exact) mass is 413 g/mol. The number of fused-ring (bicyclic) bond motifs is 1. The first kappa shape index (κ1) is 21.0. The zero-order chi connectivity index (χ0) is 22.0. The molecule has 0 bridgehead atoms. The molecule has 1 aliphatic rings. The van der Waals surface area contributed by atoms with Gasteiger partial charge in [0, 0.05) is 44.1 Å². The van der Waals surface area contributed by atoms with E-state index in [4.69, 9.17) is 0 Å². The second kappa shape index (κ2) is 8.84. The lowest BCUT2D eigenvalue weighted by atomic mass is 10.0. The van der Waals surface area contributed by atoms with Crippen LogP contribution >= 0.6 is 0 Å². The molecule has 0 saturated carbocycles. The number of amides is 1. The summed E-state index contributed by atoms with van der Waals surface area (Å²) in [6, 6.07) is 23.3. The highest BCUT2D eigenvalue weighted by molar-refractivity contribution is 5.94. The van der Waals surface area contributed by atoms with Crippen LogP contribution in [-0.4, -0.2) is 33.1 Å². The van der Waals surface area contributed by atoms with Gasteiger partial charge in [0.05, 0.1) is 6.04 Å². The van der Waals surface area contributed by atoms with Crippen LogP contribution in [0.25, 0.3) is 0 Å². The molecule has 3 aromatic carbocycles. The quantitative estimate of drug-likeness (QED) is 0.624. The van der Waals surface area contributed by atoms with Crippen LogP contribution in [0.5, 0.6) is 0 Å². The van der Waals surface area contributed by atoms with Gasteiger partial charge in [-0.3, -0.25) is 4.79 Å². The summed E-state index contributed by atoms with van der Waals surface area (Å²) >= 11 is 0. The molecule has 4 heteroatoms. The topological polar surface area (TPSA) is 35.6 Å². The minimum atomic E-state index is -0.0193. The molecule has 4 rings (SSSR count). The molecule has 31 heavy (non-hydrogen) atoms. The summed E-state index contributed by atoms with van der Waals surface area (Å²) in [7, 11) is 4.10. The Morgan fingerprint density at radius 1 is 1.00 bits per heavy atom. The van der Waals surface area contributed by atoms with Gasteiger partial charge in [-0.05, 0) is 61.7 Å². The molecule has 1 heterocycles. The van der Waals surface area contributed by atoms with Crippen molar-refractivity contribution in [2.24, 2.45) is 0 Å². The zero-order valence-electron chi connectivity index (χ0n) is 18.9. The average molecular weight is 414 g/mol. The van der Waals surface area contributed by atoms with Crippen LogP contribution in [0.15, 0.2) is 66.7 Å². The summed E-state index contributed by atoms with van der Waals surface area (Å²) in [5.41, 5.74) is 7.96. The number of nitrogens with one attached hydrogen (secondary N) is 1. The maximum atomic E-state index is 13.0. The first-order chi connectivity index (χ1) is 14.9. The SMILES string of the molecule is Cc1cc(C)cc(C(=O)NC[C@@H](c2ccc(N(C)C)cc2)N2CCc3ccccc32)c1. The number of hydrogen-bond acceptors (Lipinski definition) is 3. The van der Waals surface area contributed by atoms with Crippen molar-refractivity contribution in [2.75, 3.05) is 37.0 Å². The van der Waals surface area contributed by atoms with E-state index in [0.29, 0.717) is 6.54 Å². The van der Waals surface area contributed by atoms with Crippen molar-refractivity contribution in [2.45, 2.75) is 26.3 Å². The van der Waals surface area contributed by atoms with Gasteiger partial charge in [0.15, 0.2) is 0 Å². The van der Waals surface area contributed by atoms with Crippen molar-refractivity contribution in [3.05, 3.63) is 94.5 Å². The first-order valence-corrected chi connectivity index (χ1v) is 10.9. The number of aryl methyl sites for hydroxylation is 2. The lowest BCUT2D eigenvalue weighted by Crippen LogP contribution is -2.37. The Morgan fingerprint density at radius 2 is 1.68 bits per heavy atom. The smallest absolute Gasteiger partial charge is 0.251 e. The maximum Gasteiger partial charge on any atom is 0.251 e. The van der Waals surface area contributed by atoms with Crippen molar-refractivity contribution in [3.63, 3.8) is 0 Å². The maximum absolute atomic E-state index is 13.0. The molecular formula is C27H31N3O. The van der Waals surface area contributed by atoms with E-state index >= 15 is 0 Å². The fourth-order valence-corrected chi connectivity index (χ4v) is 4.49. The second-order valence-electron chi connectivity index (χ2n) is 8.66. The van der Waals surface area contributed by atoms with Crippen LogP contribution in [0.1, 0.15) is 38.7 Å². The molecule has 0 spiro atoms. The van der Waals surface area contributed by atoms with Crippen LogP contribution in [0, 0.1) is 13.8 Å². The normalized spacial score (nSPS) is 13.6. The fourth-order valence-electron chi connectivity index (χ4n) is 4.49. The molecule has 4 nitrogen and oxygen atoms in total. The van der Waals surface area contributed by atoms with E-state index in [0.717, 1.165) is 29.7 Å². The van der Waals surface area contributed by atoms with E-state index in [2.05, 4.69) is 69.7 Å². The number of hydrogen-bond donors (Lipinski definition) is 1. The molecule has 0 unspecified atom stereocenters. The van der Waals surface area contributed by atoms with Gasteiger partial charge in [-0.2, -0.15) is 0 Å². The van der Waals surface area contributed by atoms with Gasteiger partial charge >= 0.3 is 0 Å². The second-order valence-corrected chi connectivity index (χ2v) is 8.66. The molecule has 1 aliphatic heterocycles. The van der Waals surface area contributed by atoms with Gasteiger partial charge in [0.2, 0.25) is 0 Å². The highest BCUT2D eigenvalue weighted by Crippen LogP contribution is 2.35. The third-order valence-electron chi connectivity index (χ3n) is 6.03. The Kier molecular flexibility index (Phi) is 5.99. The van der Waals surface area contributed by atoms with E-state index < -0.39 is 0 Å². The summed E-state index contributed by atoms with van der Waals surface area (Å²) in [6.45, 7) is 5.57. The summed E-state index contributed by atoms with van der Waals surface area (Å²) in [5.74, 6) is -0.0193. The van der Waals surface area contributed by atoms with Gasteiger partial charge in [-0.1, -0.05) is 47.5 Å². The minimum Gasteiger partial charge on any atom is -0.378 e. The molecule has 1 amide bonds. The third kappa shape index (κ3) is 4.58. The van der Waals surface area contributed by atoms with E-state index in [9.17, 15) is 4.79 Å². The van der Waals surface area contributed by atoms with Crippen molar-refractivity contribution >= 4 is 17.3 Å². The molecule has 0 fully saturated rings. The van der Waals surface area contributed by atoms with Crippen LogP contribution in [0.4, 0.5) is 11.4 Å². The van der Waals surface area contributed by atoms with E-state index in [1.165, 1.54) is 22.5 Å². The molecule has 0 radical (unpaired) electrons. The summed E-state index contributed by atoms with van der Waals surface area (Å²) in [6.07, 6.45) is 1.04. The average Bonchev–Trinajstić information content (AvgIpc) is 3.17. The minimum absolute atomic E-state index is 0.0193. The molecular weight excluding hydrogens is 382 g/mol. The van der Waals surface area contributed by atoms with Crippen molar-refractivity contribution in [3.8, 4) is 0 Å². The van der Waals surface area contributed by atoms with Crippen LogP contribution < -0.4 is 15.1 Å². The van der Waals surface area contributed by atoms with E-state index in [-0.39, 0.29) is 11.9 Å². The predicted octanol–water partition coefficient (Wildman–Crippen LogP) is 4.90. The third-order valence-corrected chi connectivity index (χ3v) is 6.03. The molecule has 160 valence electrons. The lowest BCUT2D eigenvalue weighted by Gasteiger charge is -2.31. The van der Waals surface area contributed by atoms with Gasteiger partial charge in [-0.25, -0.2) is 0 Å². The lowest BCUT2D eigenvalue weighted by molar-refractivity contribution is 0.0951. The van der Waals surface area contributed by atoms with E-state index in [1.807, 2.05) is 40.1 Å². The summed E-state index contributed by atoms with van der Waals surface area (Å²) in [4.78, 5) is 17.5. The summed E-state index contributed by atoms with van der Waals surface area (Å²) in [5, 5.41) is 3.21. The Hall–Kier alpha value is -3.27. The van der Waals surface area contributed by atoms with Gasteiger partial charge in [0.1, 0.15) is 0 Å². The Bertz CT molecular complexity index is 1050. The molecule has 0 aromatic heterocycles.